The van der Waals surface area contributed by atoms with E-state index in [0.717, 1.165) is 25.3 Å². The molecule has 3 aromatic rings. The second kappa shape index (κ2) is 8.23. The van der Waals surface area contributed by atoms with Gasteiger partial charge in [-0.15, -0.1) is 0 Å². The van der Waals surface area contributed by atoms with Gasteiger partial charge in [-0.25, -0.2) is 9.97 Å². The molecule has 0 unspecified atom stereocenters. The quantitative estimate of drug-likeness (QED) is 0.609. The first kappa shape index (κ1) is 20.0. The van der Waals surface area contributed by atoms with Crippen LogP contribution in [0.2, 0.25) is 0 Å². The van der Waals surface area contributed by atoms with Gasteiger partial charge in [0, 0.05) is 44.6 Å². The van der Waals surface area contributed by atoms with Crippen molar-refractivity contribution in [1.29, 1.82) is 0 Å². The van der Waals surface area contributed by atoms with E-state index in [-0.39, 0.29) is 11.9 Å². The van der Waals surface area contributed by atoms with Crippen molar-refractivity contribution in [2.24, 2.45) is 14.1 Å². The zero-order valence-corrected chi connectivity index (χ0v) is 17.8. The number of aromatic nitrogens is 6. The molecule has 0 aromatic carbocycles. The largest absolute Gasteiger partial charge is 0.347 e. The number of nitrogens with zero attached hydrogens (tertiary/aromatic N) is 7. The van der Waals surface area contributed by atoms with Gasteiger partial charge in [-0.05, 0) is 45.5 Å². The van der Waals surface area contributed by atoms with E-state index < -0.39 is 0 Å². The summed E-state index contributed by atoms with van der Waals surface area (Å²) in [5, 5.41) is 15.0. The Bertz CT molecular complexity index is 1030. The number of nitrogens with one attached hydrogen (secondary N) is 2. The average molecular weight is 409 g/mol. The van der Waals surface area contributed by atoms with Crippen LogP contribution in [0.4, 0.5) is 11.8 Å². The van der Waals surface area contributed by atoms with Gasteiger partial charge < -0.3 is 15.5 Å². The van der Waals surface area contributed by atoms with Gasteiger partial charge in [0.2, 0.25) is 5.95 Å². The Morgan fingerprint density at radius 2 is 1.97 bits per heavy atom. The summed E-state index contributed by atoms with van der Waals surface area (Å²) in [6, 6.07) is 5.52. The van der Waals surface area contributed by atoms with E-state index in [0.29, 0.717) is 28.8 Å². The number of rotatable bonds is 7. The molecule has 10 nitrogen and oxygen atoms in total. The Kier molecular flexibility index (Phi) is 5.49. The van der Waals surface area contributed by atoms with Crippen molar-refractivity contribution >= 4 is 17.7 Å². The van der Waals surface area contributed by atoms with Gasteiger partial charge in [0.05, 0.1) is 5.69 Å². The first-order valence-electron chi connectivity index (χ1n) is 10.1. The Balaban J connectivity index is 1.47. The number of anilines is 2. The Labute approximate surface area is 175 Å². The van der Waals surface area contributed by atoms with E-state index in [2.05, 4.69) is 35.7 Å². The third-order valence-corrected chi connectivity index (χ3v) is 5.24. The molecule has 1 aliphatic rings. The van der Waals surface area contributed by atoms with Crippen LogP contribution in [-0.2, 0) is 14.1 Å². The number of likely N-dealkylation sites (tertiary alicyclic amines) is 1. The molecule has 1 saturated heterocycles. The number of hydrogen-bond donors (Lipinski definition) is 2. The second-order valence-corrected chi connectivity index (χ2v) is 7.75. The van der Waals surface area contributed by atoms with Crippen molar-refractivity contribution in [1.82, 2.24) is 39.7 Å². The number of carbonyl (C=O) groups excluding carboxylic acids is 1. The highest BCUT2D eigenvalue weighted by Crippen LogP contribution is 2.19. The first-order chi connectivity index (χ1) is 14.4. The minimum absolute atomic E-state index is 0.0767. The van der Waals surface area contributed by atoms with Crippen molar-refractivity contribution in [3.63, 3.8) is 0 Å². The number of carbonyl (C=O) groups is 1. The Hall–Kier alpha value is -3.27. The zero-order chi connectivity index (χ0) is 21.3. The maximum absolute atomic E-state index is 12.7. The van der Waals surface area contributed by atoms with Crippen LogP contribution in [0.1, 0.15) is 29.5 Å². The first-order valence-corrected chi connectivity index (χ1v) is 10.1. The smallest absolute Gasteiger partial charge is 0.269 e. The molecule has 30 heavy (non-hydrogen) atoms. The van der Waals surface area contributed by atoms with Crippen LogP contribution >= 0.6 is 0 Å². The summed E-state index contributed by atoms with van der Waals surface area (Å²) in [5.41, 5.74) is 2.76. The van der Waals surface area contributed by atoms with Gasteiger partial charge in [-0.3, -0.25) is 14.2 Å². The van der Waals surface area contributed by atoms with Gasteiger partial charge in [-0.2, -0.15) is 10.2 Å². The monoisotopic (exact) mass is 409 g/mol. The molecule has 1 amide bonds. The molecule has 0 radical (unpaired) electrons. The summed E-state index contributed by atoms with van der Waals surface area (Å²) in [6.45, 7) is 7.08. The molecule has 0 saturated carbocycles. The van der Waals surface area contributed by atoms with Crippen molar-refractivity contribution in [2.45, 2.75) is 26.3 Å². The van der Waals surface area contributed by atoms with E-state index in [1.807, 2.05) is 27.0 Å². The molecule has 0 bridgehead atoms. The van der Waals surface area contributed by atoms with Crippen LogP contribution < -0.4 is 10.6 Å². The van der Waals surface area contributed by atoms with Crippen molar-refractivity contribution < 1.29 is 4.79 Å². The van der Waals surface area contributed by atoms with E-state index >= 15 is 0 Å². The highest BCUT2D eigenvalue weighted by Gasteiger charge is 2.20. The fraction of sp³-hybridized carbons (Fsp3) is 0.450. The number of hydrogen-bond acceptors (Lipinski definition) is 7. The van der Waals surface area contributed by atoms with Gasteiger partial charge >= 0.3 is 0 Å². The fourth-order valence-corrected chi connectivity index (χ4v) is 3.40. The van der Waals surface area contributed by atoms with Crippen molar-refractivity contribution in [2.75, 3.05) is 25.0 Å². The molecule has 1 fully saturated rings. The summed E-state index contributed by atoms with van der Waals surface area (Å²) in [7, 11) is 3.64. The van der Waals surface area contributed by atoms with Crippen LogP contribution in [0.15, 0.2) is 24.4 Å². The third-order valence-electron chi connectivity index (χ3n) is 5.24. The van der Waals surface area contributed by atoms with Gasteiger partial charge in [-0.1, -0.05) is 0 Å². The summed E-state index contributed by atoms with van der Waals surface area (Å²) in [4.78, 5) is 23.8. The van der Waals surface area contributed by atoms with Gasteiger partial charge in [0.1, 0.15) is 11.4 Å². The maximum Gasteiger partial charge on any atom is 0.269 e. The fourth-order valence-electron chi connectivity index (χ4n) is 3.40. The van der Waals surface area contributed by atoms with Gasteiger partial charge in [0.15, 0.2) is 5.82 Å². The summed E-state index contributed by atoms with van der Waals surface area (Å²) < 4.78 is 3.36. The lowest BCUT2D eigenvalue weighted by Crippen LogP contribution is -2.47. The molecule has 1 atom stereocenters. The summed E-state index contributed by atoms with van der Waals surface area (Å²) in [6.07, 6.45) is 2.89. The lowest BCUT2D eigenvalue weighted by atomic mass is 10.2. The minimum Gasteiger partial charge on any atom is -0.347 e. The molecule has 2 N–H and O–H groups in total. The van der Waals surface area contributed by atoms with E-state index in [4.69, 9.17) is 0 Å². The van der Waals surface area contributed by atoms with Crippen LogP contribution in [0.25, 0.3) is 11.4 Å². The molecule has 1 aliphatic heterocycles. The topological polar surface area (TPSA) is 106 Å². The van der Waals surface area contributed by atoms with E-state index in [9.17, 15) is 4.79 Å². The van der Waals surface area contributed by atoms with E-state index in [1.54, 1.807) is 34.7 Å². The Morgan fingerprint density at radius 3 is 2.63 bits per heavy atom. The molecule has 158 valence electrons. The maximum atomic E-state index is 12.7. The molecule has 0 spiro atoms. The molecule has 0 aliphatic carbocycles. The predicted molar refractivity (Wildman–Crippen MR) is 113 cm³/mol. The molecule has 3 aromatic heterocycles. The molecule has 10 heteroatoms. The molecular weight excluding hydrogens is 382 g/mol. The lowest BCUT2D eigenvalue weighted by Gasteiger charge is -2.33. The lowest BCUT2D eigenvalue weighted by molar-refractivity contribution is 0.0905. The van der Waals surface area contributed by atoms with Crippen molar-refractivity contribution in [3.8, 4) is 11.4 Å². The molecular formula is C20H27N9O. The van der Waals surface area contributed by atoms with Gasteiger partial charge in [0.25, 0.3) is 5.91 Å². The normalized spacial score (nSPS) is 14.9. The van der Waals surface area contributed by atoms with Crippen LogP contribution in [0.3, 0.4) is 0 Å². The van der Waals surface area contributed by atoms with E-state index in [1.165, 1.54) is 6.42 Å². The second-order valence-electron chi connectivity index (χ2n) is 7.75. The third kappa shape index (κ3) is 4.33. The highest BCUT2D eigenvalue weighted by atomic mass is 16.2. The number of aryl methyl sites for hydroxylation is 3. The summed E-state index contributed by atoms with van der Waals surface area (Å²) in [5.74, 6) is 0.954. The zero-order valence-electron chi connectivity index (χ0n) is 17.8. The van der Waals surface area contributed by atoms with Crippen LogP contribution in [0.5, 0.6) is 0 Å². The molecule has 4 heterocycles. The Morgan fingerprint density at radius 1 is 1.17 bits per heavy atom. The molecule has 4 rings (SSSR count). The number of amides is 1. The van der Waals surface area contributed by atoms with Crippen molar-refractivity contribution in [3.05, 3.63) is 35.8 Å². The SMILES string of the molecule is Cc1cc(Nc2nccc(-c3cc(C(=O)N[C@@H](C)CN4CCC4)n(C)n3)n2)nn1C. The van der Waals surface area contributed by atoms with Crippen LogP contribution in [-0.4, -0.2) is 66.0 Å². The minimum atomic E-state index is -0.138. The standard InChI is InChI=1S/C20H27N9O/c1-13(12-29-8-5-9-29)22-19(30)17-11-16(25-28(17)4)15-6-7-21-20(23-15)24-18-10-14(2)27(3)26-18/h6-7,10-11,13H,5,8-9,12H2,1-4H3,(H,22,30)(H,21,23,24,26)/t13-/m0/s1. The van der Waals surface area contributed by atoms with Crippen LogP contribution in [0, 0.1) is 6.92 Å². The summed E-state index contributed by atoms with van der Waals surface area (Å²) >= 11 is 0. The average Bonchev–Trinajstić information content (AvgIpc) is 3.20. The highest BCUT2D eigenvalue weighted by molar-refractivity contribution is 5.93. The predicted octanol–water partition coefficient (Wildman–Crippen LogP) is 1.49.